The fourth-order valence-corrected chi connectivity index (χ4v) is 4.33. The van der Waals surface area contributed by atoms with Crippen LogP contribution in [0.5, 0.6) is 0 Å². The average Bonchev–Trinajstić information content (AvgIpc) is 2.58. The lowest BCUT2D eigenvalue weighted by molar-refractivity contribution is 0.0526. The van der Waals surface area contributed by atoms with Crippen molar-refractivity contribution in [2.75, 3.05) is 6.61 Å². The van der Waals surface area contributed by atoms with Crippen molar-refractivity contribution in [3.8, 4) is 0 Å². The minimum absolute atomic E-state index is 0.343. The Bertz CT molecular complexity index is 882. The zero-order chi connectivity index (χ0) is 18.2. The summed E-state index contributed by atoms with van der Waals surface area (Å²) in [5.74, 6) is -0.344. The molecule has 3 rings (SSSR count). The molecule has 2 aromatic rings. The molecule has 2 aromatic carbocycles. The normalized spacial score (nSPS) is 18.2. The summed E-state index contributed by atoms with van der Waals surface area (Å²) in [4.78, 5) is 12.6. The largest absolute Gasteiger partial charge is 0.462 e. The zero-order valence-corrected chi connectivity index (χ0v) is 15.6. The molecule has 1 atom stereocenters. The van der Waals surface area contributed by atoms with E-state index in [1.165, 1.54) is 0 Å². The maximum atomic E-state index is 12.6. The van der Waals surface area contributed by atoms with Crippen molar-refractivity contribution in [1.29, 1.82) is 0 Å². The first-order chi connectivity index (χ1) is 11.8. The first-order valence-electron chi connectivity index (χ1n) is 8.24. The van der Waals surface area contributed by atoms with Gasteiger partial charge in [0.2, 0.25) is 0 Å². The Labute approximate surface area is 150 Å². The van der Waals surface area contributed by atoms with Crippen molar-refractivity contribution in [1.82, 2.24) is 0 Å². The molecule has 1 aliphatic rings. The third-order valence-corrected chi connectivity index (χ3v) is 5.51. The molecule has 130 valence electrons. The number of fused-ring (bicyclic) bond motifs is 1. The summed E-state index contributed by atoms with van der Waals surface area (Å²) in [6.45, 7) is 8.31. The number of benzene rings is 2. The monoisotopic (exact) mass is 355 g/mol. The van der Waals surface area contributed by atoms with Crippen LogP contribution in [-0.4, -0.2) is 22.5 Å². The molecule has 25 heavy (non-hydrogen) atoms. The number of ether oxygens (including phenoxy) is 1. The van der Waals surface area contributed by atoms with E-state index in [0.717, 1.165) is 27.3 Å². The Hall–Kier alpha value is -2.27. The highest BCUT2D eigenvalue weighted by atomic mass is 32.2. The molecule has 1 heterocycles. The highest BCUT2D eigenvalue weighted by Crippen LogP contribution is 2.37. The van der Waals surface area contributed by atoms with Gasteiger partial charge in [-0.05, 0) is 43.2 Å². The minimum atomic E-state index is -1.42. The van der Waals surface area contributed by atoms with Crippen molar-refractivity contribution in [3.05, 3.63) is 64.7 Å². The lowest BCUT2D eigenvalue weighted by atomic mass is 9.76. The van der Waals surface area contributed by atoms with E-state index in [-0.39, 0.29) is 11.4 Å². The van der Waals surface area contributed by atoms with Crippen LogP contribution in [0.1, 0.15) is 47.8 Å². The molecule has 0 radical (unpaired) electrons. The predicted octanol–water partition coefficient (Wildman–Crippen LogP) is 3.97. The van der Waals surface area contributed by atoms with Crippen LogP contribution in [0, 0.1) is 6.92 Å². The SMILES string of the molecule is CCOC(=O)c1ccc(C2=NS(=O)c3ccc(C)cc3C2(C)C)cc1. The molecule has 0 saturated heterocycles. The van der Waals surface area contributed by atoms with Crippen molar-refractivity contribution in [2.45, 2.75) is 38.0 Å². The molecular formula is C20H21NO3S. The number of hydrogen-bond acceptors (Lipinski definition) is 3. The van der Waals surface area contributed by atoms with Crippen molar-refractivity contribution < 1.29 is 13.7 Å². The van der Waals surface area contributed by atoms with E-state index >= 15 is 0 Å². The standard InChI is InChI=1S/C20H21NO3S/c1-5-24-19(22)15-9-7-14(8-10-15)18-20(3,4)16-12-13(2)6-11-17(16)25(23)21-18/h6-12H,5H2,1-4H3. The van der Waals surface area contributed by atoms with Crippen molar-refractivity contribution >= 4 is 22.7 Å². The van der Waals surface area contributed by atoms with Crippen LogP contribution in [-0.2, 0) is 21.1 Å². The number of aryl methyl sites for hydroxylation is 1. The van der Waals surface area contributed by atoms with E-state index in [0.29, 0.717) is 12.2 Å². The van der Waals surface area contributed by atoms with Gasteiger partial charge in [-0.1, -0.05) is 43.7 Å². The summed E-state index contributed by atoms with van der Waals surface area (Å²) < 4.78 is 22.1. The number of hydrogen-bond donors (Lipinski definition) is 0. The van der Waals surface area contributed by atoms with Gasteiger partial charge in [0.15, 0.2) is 11.0 Å². The Morgan fingerprint density at radius 1 is 1.16 bits per heavy atom. The summed E-state index contributed by atoms with van der Waals surface area (Å²) in [6.07, 6.45) is 0. The predicted molar refractivity (Wildman–Crippen MR) is 99.5 cm³/mol. The summed E-state index contributed by atoms with van der Waals surface area (Å²) in [7, 11) is -1.42. The summed E-state index contributed by atoms with van der Waals surface area (Å²) in [5, 5.41) is 0. The minimum Gasteiger partial charge on any atom is -0.462 e. The molecule has 0 aromatic heterocycles. The van der Waals surface area contributed by atoms with Gasteiger partial charge < -0.3 is 4.74 Å². The maximum absolute atomic E-state index is 12.6. The quantitative estimate of drug-likeness (QED) is 0.783. The Balaban J connectivity index is 2.03. The molecule has 0 bridgehead atoms. The molecule has 1 aliphatic heterocycles. The van der Waals surface area contributed by atoms with Gasteiger partial charge in [-0.25, -0.2) is 9.00 Å². The fraction of sp³-hybridized carbons (Fsp3) is 0.300. The van der Waals surface area contributed by atoms with Gasteiger partial charge in [-0.15, -0.1) is 0 Å². The van der Waals surface area contributed by atoms with Crippen LogP contribution in [0.3, 0.4) is 0 Å². The van der Waals surface area contributed by atoms with Crippen LogP contribution in [0.2, 0.25) is 0 Å². The molecule has 0 spiro atoms. The van der Waals surface area contributed by atoms with Gasteiger partial charge in [-0.2, -0.15) is 4.40 Å². The molecule has 0 N–H and O–H groups in total. The average molecular weight is 355 g/mol. The van der Waals surface area contributed by atoms with Gasteiger partial charge in [0.1, 0.15) is 0 Å². The zero-order valence-electron chi connectivity index (χ0n) is 14.8. The van der Waals surface area contributed by atoms with Crippen molar-refractivity contribution in [3.63, 3.8) is 0 Å². The maximum Gasteiger partial charge on any atom is 0.338 e. The van der Waals surface area contributed by atoms with Crippen molar-refractivity contribution in [2.24, 2.45) is 4.40 Å². The lowest BCUT2D eigenvalue weighted by Crippen LogP contribution is -2.34. The van der Waals surface area contributed by atoms with Gasteiger partial charge in [0, 0.05) is 5.41 Å². The summed E-state index contributed by atoms with van der Waals surface area (Å²) in [6, 6.07) is 13.1. The molecule has 4 nitrogen and oxygen atoms in total. The first-order valence-corrected chi connectivity index (χ1v) is 9.35. The summed E-state index contributed by atoms with van der Waals surface area (Å²) in [5.41, 5.74) is 3.91. The van der Waals surface area contributed by atoms with Gasteiger partial charge in [-0.3, -0.25) is 0 Å². The third-order valence-electron chi connectivity index (χ3n) is 4.43. The molecule has 0 amide bonds. The lowest BCUT2D eigenvalue weighted by Gasteiger charge is -2.32. The van der Waals surface area contributed by atoms with E-state index in [4.69, 9.17) is 4.74 Å². The highest BCUT2D eigenvalue weighted by molar-refractivity contribution is 7.84. The van der Waals surface area contributed by atoms with Crippen LogP contribution >= 0.6 is 0 Å². The van der Waals surface area contributed by atoms with E-state index in [1.54, 1.807) is 19.1 Å². The number of esters is 1. The van der Waals surface area contributed by atoms with Crippen LogP contribution in [0.25, 0.3) is 0 Å². The van der Waals surface area contributed by atoms with E-state index < -0.39 is 11.0 Å². The first kappa shape index (κ1) is 17.5. The molecule has 0 aliphatic carbocycles. The van der Waals surface area contributed by atoms with Gasteiger partial charge >= 0.3 is 5.97 Å². The Morgan fingerprint density at radius 3 is 2.48 bits per heavy atom. The smallest absolute Gasteiger partial charge is 0.338 e. The molecule has 0 saturated carbocycles. The number of carbonyl (C=O) groups excluding carboxylic acids is 1. The van der Waals surface area contributed by atoms with Gasteiger partial charge in [0.25, 0.3) is 0 Å². The molecule has 1 unspecified atom stereocenters. The van der Waals surface area contributed by atoms with E-state index in [9.17, 15) is 9.00 Å². The molecule has 5 heteroatoms. The van der Waals surface area contributed by atoms with Gasteiger partial charge in [0.05, 0.1) is 22.8 Å². The topological polar surface area (TPSA) is 55.7 Å². The van der Waals surface area contributed by atoms with Crippen LogP contribution < -0.4 is 0 Å². The second-order valence-corrected chi connectivity index (χ2v) is 7.73. The Morgan fingerprint density at radius 2 is 1.84 bits per heavy atom. The highest BCUT2D eigenvalue weighted by Gasteiger charge is 2.36. The second kappa shape index (κ2) is 6.56. The number of nitrogens with zero attached hydrogens (tertiary/aromatic N) is 1. The molecule has 0 fully saturated rings. The fourth-order valence-electron chi connectivity index (χ4n) is 3.05. The van der Waals surface area contributed by atoms with E-state index in [2.05, 4.69) is 24.3 Å². The Kier molecular flexibility index (Phi) is 4.60. The van der Waals surface area contributed by atoms with Crippen LogP contribution in [0.4, 0.5) is 0 Å². The summed E-state index contributed by atoms with van der Waals surface area (Å²) >= 11 is 0. The second-order valence-electron chi connectivity index (χ2n) is 6.61. The third kappa shape index (κ3) is 3.16. The number of rotatable bonds is 3. The van der Waals surface area contributed by atoms with Crippen LogP contribution in [0.15, 0.2) is 51.8 Å². The number of carbonyl (C=O) groups is 1. The van der Waals surface area contributed by atoms with E-state index in [1.807, 2.05) is 31.2 Å². The molecular weight excluding hydrogens is 334 g/mol.